The Labute approximate surface area is 146 Å². The summed E-state index contributed by atoms with van der Waals surface area (Å²) in [5.41, 5.74) is 1.03. The summed E-state index contributed by atoms with van der Waals surface area (Å²) in [6.45, 7) is 2.08. The highest BCUT2D eigenvalue weighted by Crippen LogP contribution is 2.22. The molecule has 1 amide bonds. The molecule has 1 aliphatic rings. The maximum Gasteiger partial charge on any atom is 0.227 e. The van der Waals surface area contributed by atoms with Crippen molar-refractivity contribution in [1.82, 2.24) is 5.32 Å². The third-order valence-electron chi connectivity index (χ3n) is 4.65. The van der Waals surface area contributed by atoms with Gasteiger partial charge in [0, 0.05) is 17.7 Å². The molecule has 3 nitrogen and oxygen atoms in total. The quantitative estimate of drug-likeness (QED) is 0.862. The molecule has 1 fully saturated rings. The fourth-order valence-electron chi connectivity index (χ4n) is 3.16. The van der Waals surface area contributed by atoms with Crippen LogP contribution in [0, 0.1) is 17.6 Å². The van der Waals surface area contributed by atoms with E-state index in [-0.39, 0.29) is 24.1 Å². The number of amides is 1. The summed E-state index contributed by atoms with van der Waals surface area (Å²) in [6.07, 6.45) is 2.29. The number of benzene rings is 2. The van der Waals surface area contributed by atoms with Gasteiger partial charge in [-0.15, -0.1) is 0 Å². The second-order valence-electron chi connectivity index (χ2n) is 6.45. The van der Waals surface area contributed by atoms with E-state index < -0.39 is 0 Å². The number of carbonyl (C=O) groups excluding carboxylic acids is 1. The van der Waals surface area contributed by atoms with Crippen LogP contribution in [0.5, 0.6) is 0 Å². The monoisotopic (exact) mass is 344 g/mol. The molecule has 1 aliphatic heterocycles. The van der Waals surface area contributed by atoms with Gasteiger partial charge in [-0.25, -0.2) is 8.78 Å². The highest BCUT2D eigenvalue weighted by atomic mass is 19.1. The Morgan fingerprint density at radius 2 is 1.88 bits per heavy atom. The Bertz CT molecular complexity index is 712. The van der Waals surface area contributed by atoms with Crippen molar-refractivity contribution < 1.29 is 13.6 Å². The smallest absolute Gasteiger partial charge is 0.227 e. The summed E-state index contributed by atoms with van der Waals surface area (Å²) in [4.78, 5) is 14.3. The van der Waals surface area contributed by atoms with Crippen LogP contribution in [0.15, 0.2) is 48.5 Å². The first-order valence-electron chi connectivity index (χ1n) is 8.63. The van der Waals surface area contributed by atoms with Gasteiger partial charge in [0.25, 0.3) is 0 Å². The zero-order chi connectivity index (χ0) is 17.6. The van der Waals surface area contributed by atoms with Gasteiger partial charge in [0.2, 0.25) is 5.91 Å². The van der Waals surface area contributed by atoms with E-state index in [2.05, 4.69) is 5.32 Å². The van der Waals surface area contributed by atoms with Gasteiger partial charge >= 0.3 is 0 Å². The molecule has 1 saturated heterocycles. The largest absolute Gasteiger partial charge is 0.316 e. The molecular formula is C20H22F2N2O. The van der Waals surface area contributed by atoms with Crippen molar-refractivity contribution in [1.29, 1.82) is 0 Å². The second-order valence-corrected chi connectivity index (χ2v) is 6.45. The molecule has 0 aromatic heterocycles. The zero-order valence-electron chi connectivity index (χ0n) is 14.1. The standard InChI is InChI=1S/C20H22F2N2O/c21-17-6-8-18(9-7-17)24(14-16-3-1-2-4-19(16)22)20(25)10-5-15-11-12-23-13-15/h1-4,6-9,15,23H,5,10-14H2. The van der Waals surface area contributed by atoms with E-state index in [0.29, 0.717) is 23.6 Å². The lowest BCUT2D eigenvalue weighted by atomic mass is 10.0. The lowest BCUT2D eigenvalue weighted by Gasteiger charge is -2.24. The van der Waals surface area contributed by atoms with Gasteiger partial charge in [-0.05, 0) is 62.2 Å². The van der Waals surface area contributed by atoms with Crippen LogP contribution in [0.4, 0.5) is 14.5 Å². The number of nitrogens with one attached hydrogen (secondary N) is 1. The Balaban J connectivity index is 1.76. The van der Waals surface area contributed by atoms with Gasteiger partial charge < -0.3 is 10.2 Å². The van der Waals surface area contributed by atoms with Crippen molar-refractivity contribution >= 4 is 11.6 Å². The highest BCUT2D eigenvalue weighted by Gasteiger charge is 2.21. The van der Waals surface area contributed by atoms with Crippen LogP contribution in [0.2, 0.25) is 0 Å². The van der Waals surface area contributed by atoms with Gasteiger partial charge in [-0.2, -0.15) is 0 Å². The Hall–Kier alpha value is -2.27. The minimum absolute atomic E-state index is 0.0678. The lowest BCUT2D eigenvalue weighted by Crippen LogP contribution is -2.31. The number of nitrogens with zero attached hydrogens (tertiary/aromatic N) is 1. The number of halogens is 2. The van der Waals surface area contributed by atoms with Gasteiger partial charge in [0.15, 0.2) is 0 Å². The summed E-state index contributed by atoms with van der Waals surface area (Å²) in [7, 11) is 0. The van der Waals surface area contributed by atoms with Crippen molar-refractivity contribution in [2.45, 2.75) is 25.8 Å². The maximum atomic E-state index is 14.0. The molecule has 5 heteroatoms. The first-order valence-corrected chi connectivity index (χ1v) is 8.63. The summed E-state index contributed by atoms with van der Waals surface area (Å²) < 4.78 is 27.2. The molecule has 1 atom stereocenters. The number of anilines is 1. The first-order chi connectivity index (χ1) is 12.1. The molecule has 2 aromatic rings. The molecule has 132 valence electrons. The molecule has 2 aromatic carbocycles. The average Bonchev–Trinajstić information content (AvgIpc) is 3.13. The van der Waals surface area contributed by atoms with Crippen molar-refractivity contribution in [3.8, 4) is 0 Å². The molecule has 25 heavy (non-hydrogen) atoms. The molecule has 1 N–H and O–H groups in total. The van der Waals surface area contributed by atoms with Crippen molar-refractivity contribution in [3.05, 3.63) is 65.7 Å². The molecule has 0 bridgehead atoms. The number of carbonyl (C=O) groups is 1. The van der Waals surface area contributed by atoms with E-state index in [9.17, 15) is 13.6 Å². The van der Waals surface area contributed by atoms with Crippen LogP contribution in [-0.4, -0.2) is 19.0 Å². The molecule has 0 saturated carbocycles. The van der Waals surface area contributed by atoms with Crippen LogP contribution in [0.3, 0.4) is 0 Å². The number of rotatable bonds is 6. The van der Waals surface area contributed by atoms with Crippen LogP contribution in [0.1, 0.15) is 24.8 Å². The topological polar surface area (TPSA) is 32.3 Å². The van der Waals surface area contributed by atoms with Crippen LogP contribution in [0.25, 0.3) is 0 Å². The molecule has 1 unspecified atom stereocenters. The Morgan fingerprint density at radius 1 is 1.12 bits per heavy atom. The normalized spacial score (nSPS) is 16.8. The third kappa shape index (κ3) is 4.63. The van der Waals surface area contributed by atoms with E-state index in [4.69, 9.17) is 0 Å². The van der Waals surface area contributed by atoms with Crippen molar-refractivity contribution in [2.24, 2.45) is 5.92 Å². The average molecular weight is 344 g/mol. The van der Waals surface area contributed by atoms with E-state index in [1.807, 2.05) is 0 Å². The minimum atomic E-state index is -0.362. The van der Waals surface area contributed by atoms with Gasteiger partial charge in [0.1, 0.15) is 11.6 Å². The second kappa shape index (κ2) is 8.21. The Morgan fingerprint density at radius 3 is 2.56 bits per heavy atom. The van der Waals surface area contributed by atoms with Gasteiger partial charge in [-0.3, -0.25) is 4.79 Å². The summed E-state index contributed by atoms with van der Waals surface area (Å²) >= 11 is 0. The molecule has 1 heterocycles. The first kappa shape index (κ1) is 17.5. The maximum absolute atomic E-state index is 14.0. The van der Waals surface area contributed by atoms with Crippen LogP contribution < -0.4 is 10.2 Å². The SMILES string of the molecule is O=C(CCC1CCNC1)N(Cc1ccccc1F)c1ccc(F)cc1. The molecular weight excluding hydrogens is 322 g/mol. The zero-order valence-corrected chi connectivity index (χ0v) is 14.1. The lowest BCUT2D eigenvalue weighted by molar-refractivity contribution is -0.119. The third-order valence-corrected chi connectivity index (χ3v) is 4.65. The summed E-state index contributed by atoms with van der Waals surface area (Å²) in [5.74, 6) is -0.268. The number of hydrogen-bond acceptors (Lipinski definition) is 2. The summed E-state index contributed by atoms with van der Waals surface area (Å²) in [5, 5.41) is 3.29. The number of hydrogen-bond donors (Lipinski definition) is 1. The van der Waals surface area contributed by atoms with Crippen molar-refractivity contribution in [2.75, 3.05) is 18.0 Å². The van der Waals surface area contributed by atoms with Crippen molar-refractivity contribution in [3.63, 3.8) is 0 Å². The fraction of sp³-hybridized carbons (Fsp3) is 0.350. The van der Waals surface area contributed by atoms with E-state index in [1.165, 1.54) is 18.2 Å². The molecule has 0 aliphatic carbocycles. The molecule has 3 rings (SSSR count). The van der Waals surface area contributed by atoms with Gasteiger partial charge in [-0.1, -0.05) is 18.2 Å². The van der Waals surface area contributed by atoms with Gasteiger partial charge in [0.05, 0.1) is 6.54 Å². The fourth-order valence-corrected chi connectivity index (χ4v) is 3.16. The highest BCUT2D eigenvalue weighted by molar-refractivity contribution is 5.93. The Kier molecular flexibility index (Phi) is 5.76. The van der Waals surface area contributed by atoms with Crippen LogP contribution >= 0.6 is 0 Å². The predicted octanol–water partition coefficient (Wildman–Crippen LogP) is 3.89. The van der Waals surface area contributed by atoms with E-state index in [0.717, 1.165) is 25.9 Å². The van der Waals surface area contributed by atoms with E-state index in [1.54, 1.807) is 35.2 Å². The summed E-state index contributed by atoms with van der Waals surface area (Å²) in [6, 6.07) is 12.2. The van der Waals surface area contributed by atoms with Crippen LogP contribution in [-0.2, 0) is 11.3 Å². The van der Waals surface area contributed by atoms with E-state index >= 15 is 0 Å². The molecule has 0 spiro atoms. The minimum Gasteiger partial charge on any atom is -0.316 e. The predicted molar refractivity (Wildman–Crippen MR) is 94.2 cm³/mol. The molecule has 0 radical (unpaired) electrons.